The first-order chi connectivity index (χ1) is 15.1. The third kappa shape index (κ3) is 6.13. The summed E-state index contributed by atoms with van der Waals surface area (Å²) in [6.07, 6.45) is 0. The van der Waals surface area contributed by atoms with Crippen LogP contribution in [0.15, 0.2) is 66.7 Å². The average Bonchev–Trinajstić information content (AvgIpc) is 2.79. The first-order valence-electron chi connectivity index (χ1n) is 9.68. The quantitative estimate of drug-likeness (QED) is 0.438. The van der Waals surface area contributed by atoms with Gasteiger partial charge in [-0.3, -0.25) is 4.79 Å². The first kappa shape index (κ1) is 22.5. The van der Waals surface area contributed by atoms with E-state index in [1.807, 2.05) is 24.3 Å². The van der Waals surface area contributed by atoms with E-state index in [2.05, 4.69) is 5.32 Å². The molecule has 0 atom stereocenters. The molecule has 0 saturated heterocycles. The van der Waals surface area contributed by atoms with Gasteiger partial charge in [-0.15, -0.1) is 0 Å². The van der Waals surface area contributed by atoms with Gasteiger partial charge >= 0.3 is 0 Å². The van der Waals surface area contributed by atoms with Crippen molar-refractivity contribution in [1.82, 2.24) is 0 Å². The van der Waals surface area contributed by atoms with Gasteiger partial charge < -0.3 is 24.3 Å². The Morgan fingerprint density at radius 3 is 2.42 bits per heavy atom. The minimum absolute atomic E-state index is 0.254. The minimum Gasteiger partial charge on any atom is -0.493 e. The number of para-hydroxylation sites is 1. The molecule has 0 bridgehead atoms. The monoisotopic (exact) mass is 441 g/mol. The number of rotatable bonds is 10. The molecule has 3 rings (SSSR count). The van der Waals surface area contributed by atoms with Gasteiger partial charge in [0.05, 0.1) is 19.3 Å². The van der Waals surface area contributed by atoms with Gasteiger partial charge in [0, 0.05) is 29.4 Å². The number of hydrogen-bond acceptors (Lipinski definition) is 5. The molecular formula is C24H24ClNO5. The van der Waals surface area contributed by atoms with Crippen LogP contribution < -0.4 is 19.5 Å². The summed E-state index contributed by atoms with van der Waals surface area (Å²) in [5.41, 5.74) is 1.82. The Labute approximate surface area is 186 Å². The number of carbonyl (C=O) groups excluding carboxylic acids is 1. The van der Waals surface area contributed by atoms with Crippen LogP contribution in [-0.4, -0.2) is 33.3 Å². The highest BCUT2D eigenvalue weighted by atomic mass is 35.5. The summed E-state index contributed by atoms with van der Waals surface area (Å²) in [5, 5.41) is 3.49. The summed E-state index contributed by atoms with van der Waals surface area (Å²) < 4.78 is 21.9. The molecule has 6 nitrogen and oxygen atoms in total. The molecule has 0 aliphatic carbocycles. The van der Waals surface area contributed by atoms with Crippen LogP contribution in [0.3, 0.4) is 0 Å². The molecule has 3 aromatic carbocycles. The van der Waals surface area contributed by atoms with Gasteiger partial charge in [0.25, 0.3) is 5.91 Å². The molecule has 0 aliphatic rings. The van der Waals surface area contributed by atoms with E-state index < -0.39 is 0 Å². The zero-order valence-electron chi connectivity index (χ0n) is 17.4. The third-order valence-corrected chi connectivity index (χ3v) is 4.81. The number of hydrogen-bond donors (Lipinski definition) is 1. The number of benzene rings is 3. The number of amides is 1. The normalized spacial score (nSPS) is 10.4. The molecular weight excluding hydrogens is 418 g/mol. The summed E-state index contributed by atoms with van der Waals surface area (Å²) >= 11 is 6.20. The number of halogens is 1. The van der Waals surface area contributed by atoms with E-state index in [0.29, 0.717) is 46.7 Å². The lowest BCUT2D eigenvalue weighted by atomic mass is 10.1. The van der Waals surface area contributed by atoms with Crippen LogP contribution in [0.4, 0.5) is 5.69 Å². The van der Waals surface area contributed by atoms with Gasteiger partial charge in [0.2, 0.25) is 0 Å². The summed E-state index contributed by atoms with van der Waals surface area (Å²) in [5.74, 6) is 1.24. The highest BCUT2D eigenvalue weighted by Gasteiger charge is 2.14. The summed E-state index contributed by atoms with van der Waals surface area (Å²) in [6.45, 7) is 1.06. The minimum atomic E-state index is -0.303. The lowest BCUT2D eigenvalue weighted by Crippen LogP contribution is -2.14. The van der Waals surface area contributed by atoms with Crippen molar-refractivity contribution in [3.05, 3.63) is 82.9 Å². The Morgan fingerprint density at radius 2 is 1.65 bits per heavy atom. The van der Waals surface area contributed by atoms with Crippen LogP contribution in [0, 0.1) is 0 Å². The summed E-state index contributed by atoms with van der Waals surface area (Å²) in [7, 11) is 3.16. The number of anilines is 1. The van der Waals surface area contributed by atoms with Gasteiger partial charge in [-0.05, 0) is 30.3 Å². The van der Waals surface area contributed by atoms with Gasteiger partial charge in [-0.2, -0.15) is 0 Å². The van der Waals surface area contributed by atoms with Crippen molar-refractivity contribution >= 4 is 23.2 Å². The first-order valence-corrected chi connectivity index (χ1v) is 10.1. The number of methoxy groups -OCH3 is 2. The maximum Gasteiger partial charge on any atom is 0.259 e. The zero-order chi connectivity index (χ0) is 22.1. The molecule has 0 spiro atoms. The molecule has 31 heavy (non-hydrogen) atoms. The molecule has 1 N–H and O–H groups in total. The third-order valence-electron chi connectivity index (χ3n) is 4.44. The molecule has 0 aromatic heterocycles. The molecule has 7 heteroatoms. The molecule has 0 radical (unpaired) electrons. The Kier molecular flexibility index (Phi) is 8.15. The maximum atomic E-state index is 12.9. The second kappa shape index (κ2) is 11.2. The van der Waals surface area contributed by atoms with E-state index in [4.69, 9.17) is 30.5 Å². The fourth-order valence-electron chi connectivity index (χ4n) is 2.85. The maximum absolute atomic E-state index is 12.9. The predicted molar refractivity (Wildman–Crippen MR) is 121 cm³/mol. The lowest BCUT2D eigenvalue weighted by Gasteiger charge is -2.14. The summed E-state index contributed by atoms with van der Waals surface area (Å²) in [4.78, 5) is 12.9. The van der Waals surface area contributed by atoms with Gasteiger partial charge in [0.1, 0.15) is 19.0 Å². The van der Waals surface area contributed by atoms with E-state index in [0.717, 1.165) is 5.56 Å². The van der Waals surface area contributed by atoms with Crippen LogP contribution >= 0.6 is 11.6 Å². The van der Waals surface area contributed by atoms with Gasteiger partial charge in [0.15, 0.2) is 11.5 Å². The second-order valence-corrected chi connectivity index (χ2v) is 6.94. The Hall–Kier alpha value is -3.22. The van der Waals surface area contributed by atoms with Crippen molar-refractivity contribution in [1.29, 1.82) is 0 Å². The van der Waals surface area contributed by atoms with Crippen molar-refractivity contribution < 1.29 is 23.7 Å². The standard InChI is InChI=1S/C24H24ClNO5/c1-28-13-14-30-23-15-18(11-12-22(23)29-2)26-24(27)19-8-4-6-10-21(19)31-16-17-7-3-5-9-20(17)25/h3-12,15H,13-14,16H2,1-2H3,(H,26,27). The number of carbonyl (C=O) groups is 1. The van der Waals surface area contributed by atoms with Crippen LogP contribution in [-0.2, 0) is 11.3 Å². The highest BCUT2D eigenvalue weighted by molar-refractivity contribution is 6.31. The second-order valence-electron chi connectivity index (χ2n) is 6.54. The van der Waals surface area contributed by atoms with Crippen molar-refractivity contribution in [3.8, 4) is 17.2 Å². The molecule has 3 aromatic rings. The van der Waals surface area contributed by atoms with Crippen molar-refractivity contribution in [2.45, 2.75) is 6.61 Å². The largest absolute Gasteiger partial charge is 0.493 e. The van der Waals surface area contributed by atoms with Crippen LogP contribution in [0.5, 0.6) is 17.2 Å². The molecule has 0 saturated carbocycles. The van der Waals surface area contributed by atoms with E-state index in [1.54, 1.807) is 56.7 Å². The SMILES string of the molecule is COCCOc1cc(NC(=O)c2ccccc2OCc2ccccc2Cl)ccc1OC. The van der Waals surface area contributed by atoms with E-state index in [9.17, 15) is 4.79 Å². The molecule has 0 heterocycles. The molecule has 0 aliphatic heterocycles. The fraction of sp³-hybridized carbons (Fsp3) is 0.208. The highest BCUT2D eigenvalue weighted by Crippen LogP contribution is 2.31. The van der Waals surface area contributed by atoms with E-state index in [1.165, 1.54) is 0 Å². The van der Waals surface area contributed by atoms with Crippen molar-refractivity contribution in [3.63, 3.8) is 0 Å². The summed E-state index contributed by atoms with van der Waals surface area (Å²) in [6, 6.07) is 19.7. The Morgan fingerprint density at radius 1 is 0.871 bits per heavy atom. The predicted octanol–water partition coefficient (Wildman–Crippen LogP) is 5.21. The molecule has 162 valence electrons. The van der Waals surface area contributed by atoms with Crippen molar-refractivity contribution in [2.75, 3.05) is 32.8 Å². The smallest absolute Gasteiger partial charge is 0.259 e. The fourth-order valence-corrected chi connectivity index (χ4v) is 3.04. The average molecular weight is 442 g/mol. The van der Waals surface area contributed by atoms with Crippen LogP contribution in [0.2, 0.25) is 5.02 Å². The molecule has 0 unspecified atom stereocenters. The van der Waals surface area contributed by atoms with E-state index >= 15 is 0 Å². The van der Waals surface area contributed by atoms with Crippen LogP contribution in [0.25, 0.3) is 0 Å². The molecule has 0 fully saturated rings. The van der Waals surface area contributed by atoms with Gasteiger partial charge in [-0.1, -0.05) is 41.9 Å². The van der Waals surface area contributed by atoms with Crippen molar-refractivity contribution in [2.24, 2.45) is 0 Å². The van der Waals surface area contributed by atoms with Crippen LogP contribution in [0.1, 0.15) is 15.9 Å². The van der Waals surface area contributed by atoms with Gasteiger partial charge in [-0.25, -0.2) is 0 Å². The Balaban J connectivity index is 1.73. The number of ether oxygens (including phenoxy) is 4. The zero-order valence-corrected chi connectivity index (χ0v) is 18.1. The molecule has 1 amide bonds. The number of nitrogens with one attached hydrogen (secondary N) is 1. The Bertz CT molecular complexity index is 1020. The van der Waals surface area contributed by atoms with E-state index in [-0.39, 0.29) is 12.5 Å². The topological polar surface area (TPSA) is 66.0 Å². The lowest BCUT2D eigenvalue weighted by molar-refractivity contribution is 0.102.